The molecule has 0 aliphatic rings. The molecule has 3 N–H and O–H groups in total. The van der Waals surface area contributed by atoms with Gasteiger partial charge in [0.15, 0.2) is 18.1 Å². The van der Waals surface area contributed by atoms with E-state index in [1.54, 1.807) is 42.5 Å². The van der Waals surface area contributed by atoms with E-state index in [2.05, 4.69) is 10.5 Å². The summed E-state index contributed by atoms with van der Waals surface area (Å²) < 4.78 is 15.8. The minimum atomic E-state index is -0.547. The Bertz CT molecular complexity index is 819. The molecule has 0 bridgehead atoms. The summed E-state index contributed by atoms with van der Waals surface area (Å²) in [5.41, 5.74) is 8.60. The van der Waals surface area contributed by atoms with Crippen molar-refractivity contribution in [2.45, 2.75) is 6.92 Å². The number of hydrogen-bond donors (Lipinski definition) is 2. The van der Waals surface area contributed by atoms with Gasteiger partial charge in [-0.2, -0.15) is 5.10 Å². The van der Waals surface area contributed by atoms with Crippen LogP contribution < -0.4 is 25.4 Å². The molecule has 0 aliphatic heterocycles. The summed E-state index contributed by atoms with van der Waals surface area (Å²) in [5.74, 6) is 0.626. The van der Waals surface area contributed by atoms with Crippen LogP contribution in [0.25, 0.3) is 0 Å². The molecule has 0 fully saturated rings. The second-order valence-corrected chi connectivity index (χ2v) is 5.32. The second kappa shape index (κ2) is 9.81. The molecule has 0 atom stereocenters. The molecule has 2 aromatic rings. The van der Waals surface area contributed by atoms with Crippen LogP contribution in [0.3, 0.4) is 0 Å². The average Bonchev–Trinajstić information content (AvgIpc) is 2.67. The lowest BCUT2D eigenvalue weighted by molar-refractivity contribution is -0.119. The average molecular weight is 371 g/mol. The Hall–Kier alpha value is -3.55. The number of nitrogens with two attached hydrogens (primary N) is 1. The van der Waals surface area contributed by atoms with Gasteiger partial charge in [-0.1, -0.05) is 0 Å². The molecule has 0 saturated heterocycles. The molecule has 0 unspecified atom stereocenters. The molecule has 0 spiro atoms. The van der Waals surface area contributed by atoms with Crippen LogP contribution in [-0.2, 0) is 4.79 Å². The lowest BCUT2D eigenvalue weighted by Gasteiger charge is -2.10. The van der Waals surface area contributed by atoms with Gasteiger partial charge in [0.05, 0.1) is 19.9 Å². The first-order valence-electron chi connectivity index (χ1n) is 8.19. The number of carbonyl (C=O) groups is 2. The van der Waals surface area contributed by atoms with Crippen LogP contribution in [0.15, 0.2) is 47.6 Å². The summed E-state index contributed by atoms with van der Waals surface area (Å²) in [7, 11) is 1.53. The molecular weight excluding hydrogens is 350 g/mol. The zero-order valence-corrected chi connectivity index (χ0v) is 15.1. The minimum absolute atomic E-state index is 0.185. The van der Waals surface area contributed by atoms with Gasteiger partial charge < -0.3 is 19.9 Å². The van der Waals surface area contributed by atoms with Gasteiger partial charge in [0.2, 0.25) is 0 Å². The summed E-state index contributed by atoms with van der Waals surface area (Å²) in [6.45, 7) is 2.12. The van der Waals surface area contributed by atoms with Crippen LogP contribution in [0.4, 0.5) is 0 Å². The number of hydrazone groups is 1. The Morgan fingerprint density at radius 2 is 1.85 bits per heavy atom. The zero-order chi connectivity index (χ0) is 19.6. The second-order valence-electron chi connectivity index (χ2n) is 5.32. The summed E-state index contributed by atoms with van der Waals surface area (Å²) >= 11 is 0. The molecule has 8 nitrogen and oxygen atoms in total. The number of carbonyl (C=O) groups excluding carboxylic acids is 2. The highest BCUT2D eigenvalue weighted by molar-refractivity contribution is 5.95. The molecule has 0 aliphatic carbocycles. The summed E-state index contributed by atoms with van der Waals surface area (Å²) in [6.07, 6.45) is 1.49. The molecule has 0 heterocycles. The first kappa shape index (κ1) is 19.8. The molecule has 2 rings (SSSR count). The van der Waals surface area contributed by atoms with Gasteiger partial charge in [0.25, 0.3) is 11.8 Å². The molecule has 27 heavy (non-hydrogen) atoms. The van der Waals surface area contributed by atoms with E-state index in [1.165, 1.54) is 13.3 Å². The first-order chi connectivity index (χ1) is 13.0. The molecule has 0 saturated carbocycles. The lowest BCUT2D eigenvalue weighted by atomic mass is 10.2. The third kappa shape index (κ3) is 6.03. The van der Waals surface area contributed by atoms with Crippen molar-refractivity contribution in [1.29, 1.82) is 0 Å². The van der Waals surface area contributed by atoms with Crippen molar-refractivity contribution in [3.05, 3.63) is 53.6 Å². The Morgan fingerprint density at radius 1 is 1.11 bits per heavy atom. The van der Waals surface area contributed by atoms with E-state index in [9.17, 15) is 9.59 Å². The van der Waals surface area contributed by atoms with Crippen LogP contribution in [0.1, 0.15) is 22.8 Å². The Labute approximate surface area is 156 Å². The predicted octanol–water partition coefficient (Wildman–Crippen LogP) is 1.72. The van der Waals surface area contributed by atoms with Crippen molar-refractivity contribution in [2.24, 2.45) is 10.8 Å². The van der Waals surface area contributed by atoms with Crippen molar-refractivity contribution in [1.82, 2.24) is 5.43 Å². The number of nitrogens with zero attached hydrogens (tertiary/aromatic N) is 1. The Balaban J connectivity index is 1.96. The zero-order valence-electron chi connectivity index (χ0n) is 15.1. The fraction of sp³-hybridized carbons (Fsp3) is 0.211. The SMILES string of the molecule is CCOc1cc(C(=O)N/N=C/c2ccc(OCC(N)=O)cc2)ccc1OC. The predicted molar refractivity (Wildman–Crippen MR) is 100 cm³/mol. The maximum Gasteiger partial charge on any atom is 0.271 e. The third-order valence-electron chi connectivity index (χ3n) is 3.37. The monoisotopic (exact) mass is 371 g/mol. The highest BCUT2D eigenvalue weighted by atomic mass is 16.5. The summed E-state index contributed by atoms with van der Waals surface area (Å²) in [4.78, 5) is 22.9. The van der Waals surface area contributed by atoms with Gasteiger partial charge >= 0.3 is 0 Å². The Kier molecular flexibility index (Phi) is 7.18. The van der Waals surface area contributed by atoms with Gasteiger partial charge in [-0.3, -0.25) is 9.59 Å². The van der Waals surface area contributed by atoms with E-state index in [0.29, 0.717) is 29.4 Å². The van der Waals surface area contributed by atoms with Gasteiger partial charge in [-0.05, 0) is 55.0 Å². The van der Waals surface area contributed by atoms with Crippen molar-refractivity contribution >= 4 is 18.0 Å². The lowest BCUT2D eigenvalue weighted by Crippen LogP contribution is -2.20. The molecule has 0 radical (unpaired) electrons. The molecule has 0 aromatic heterocycles. The number of amides is 2. The molecule has 2 aromatic carbocycles. The quantitative estimate of drug-likeness (QED) is 0.515. The highest BCUT2D eigenvalue weighted by Gasteiger charge is 2.10. The van der Waals surface area contributed by atoms with E-state index in [-0.39, 0.29) is 12.5 Å². The summed E-state index contributed by atoms with van der Waals surface area (Å²) in [5, 5.41) is 3.93. The number of ether oxygens (including phenoxy) is 3. The van der Waals surface area contributed by atoms with Gasteiger partial charge in [0.1, 0.15) is 5.75 Å². The number of primary amides is 1. The van der Waals surface area contributed by atoms with Crippen LogP contribution in [0.5, 0.6) is 17.2 Å². The van der Waals surface area contributed by atoms with E-state index < -0.39 is 5.91 Å². The summed E-state index contributed by atoms with van der Waals surface area (Å²) in [6, 6.07) is 11.7. The number of rotatable bonds is 9. The molecule has 2 amide bonds. The van der Waals surface area contributed by atoms with Crippen LogP contribution >= 0.6 is 0 Å². The maximum atomic E-state index is 12.2. The fourth-order valence-electron chi connectivity index (χ4n) is 2.12. The molecular formula is C19H21N3O5. The van der Waals surface area contributed by atoms with Gasteiger partial charge in [-0.25, -0.2) is 5.43 Å². The third-order valence-corrected chi connectivity index (χ3v) is 3.37. The van der Waals surface area contributed by atoms with Gasteiger partial charge in [-0.15, -0.1) is 0 Å². The van der Waals surface area contributed by atoms with E-state index in [4.69, 9.17) is 19.9 Å². The topological polar surface area (TPSA) is 112 Å². The van der Waals surface area contributed by atoms with Crippen LogP contribution in [0.2, 0.25) is 0 Å². The van der Waals surface area contributed by atoms with Crippen molar-refractivity contribution < 1.29 is 23.8 Å². The molecule has 8 heteroatoms. The van der Waals surface area contributed by atoms with E-state index >= 15 is 0 Å². The largest absolute Gasteiger partial charge is 0.493 e. The minimum Gasteiger partial charge on any atom is -0.493 e. The fourth-order valence-corrected chi connectivity index (χ4v) is 2.12. The normalized spacial score (nSPS) is 10.4. The first-order valence-corrected chi connectivity index (χ1v) is 8.19. The number of benzene rings is 2. The highest BCUT2D eigenvalue weighted by Crippen LogP contribution is 2.27. The number of methoxy groups -OCH3 is 1. The standard InChI is InChI=1S/C19H21N3O5/c1-3-26-17-10-14(6-9-16(17)25-2)19(24)22-21-11-13-4-7-15(8-5-13)27-12-18(20)23/h4-11H,3,12H2,1-2H3,(H2,20,23)(H,22,24)/b21-11+. The maximum absolute atomic E-state index is 12.2. The number of hydrogen-bond acceptors (Lipinski definition) is 6. The smallest absolute Gasteiger partial charge is 0.271 e. The van der Waals surface area contributed by atoms with Crippen molar-refractivity contribution in [3.63, 3.8) is 0 Å². The van der Waals surface area contributed by atoms with Gasteiger partial charge in [0, 0.05) is 5.56 Å². The van der Waals surface area contributed by atoms with E-state index in [0.717, 1.165) is 5.56 Å². The van der Waals surface area contributed by atoms with Crippen molar-refractivity contribution in [3.8, 4) is 17.2 Å². The van der Waals surface area contributed by atoms with Crippen LogP contribution in [0, 0.1) is 0 Å². The Morgan fingerprint density at radius 3 is 2.48 bits per heavy atom. The van der Waals surface area contributed by atoms with Crippen molar-refractivity contribution in [2.75, 3.05) is 20.3 Å². The number of nitrogens with one attached hydrogen (secondary N) is 1. The van der Waals surface area contributed by atoms with E-state index in [1.807, 2.05) is 6.92 Å². The van der Waals surface area contributed by atoms with Crippen LogP contribution in [-0.4, -0.2) is 38.4 Å². The molecule has 142 valence electrons.